The molecule has 1 aromatic carbocycles. The maximum Gasteiger partial charge on any atom is 0.0333 e. The highest BCUT2D eigenvalue weighted by molar-refractivity contribution is 9.10. The zero-order valence-electron chi connectivity index (χ0n) is 12.1. The Kier molecular flexibility index (Phi) is 6.95. The maximum absolute atomic E-state index is 3.69. The lowest BCUT2D eigenvalue weighted by Crippen LogP contribution is -2.23. The van der Waals surface area contributed by atoms with Gasteiger partial charge in [0.2, 0.25) is 0 Å². The van der Waals surface area contributed by atoms with Crippen molar-refractivity contribution in [2.45, 2.75) is 53.0 Å². The third-order valence-corrected chi connectivity index (χ3v) is 4.12. The molecule has 1 nitrogen and oxygen atoms in total. The first kappa shape index (κ1) is 15.7. The molecule has 0 bridgehead atoms. The molecule has 0 amide bonds. The molecule has 0 radical (unpaired) electrons. The second-order valence-electron chi connectivity index (χ2n) is 5.26. The molecule has 0 aliphatic heterocycles. The molecule has 0 aliphatic rings. The molecule has 2 heteroatoms. The molecule has 0 saturated carbocycles. The Balaban J connectivity index is 2.85. The Bertz CT molecular complexity index is 362. The summed E-state index contributed by atoms with van der Waals surface area (Å²) in [6.45, 7) is 9.98. The molecule has 0 heterocycles. The van der Waals surface area contributed by atoms with Gasteiger partial charge >= 0.3 is 0 Å². The molecule has 0 aromatic heterocycles. The number of aryl methyl sites for hydroxylation is 1. The smallest absolute Gasteiger partial charge is 0.0333 e. The van der Waals surface area contributed by atoms with E-state index in [9.17, 15) is 0 Å². The highest BCUT2D eigenvalue weighted by atomic mass is 79.9. The van der Waals surface area contributed by atoms with Crippen LogP contribution in [0.15, 0.2) is 22.7 Å². The van der Waals surface area contributed by atoms with Gasteiger partial charge in [0.05, 0.1) is 0 Å². The summed E-state index contributed by atoms with van der Waals surface area (Å²) in [6, 6.07) is 7.09. The molecule has 0 saturated heterocycles. The van der Waals surface area contributed by atoms with E-state index >= 15 is 0 Å². The molecule has 0 fully saturated rings. The van der Waals surface area contributed by atoms with Crippen LogP contribution < -0.4 is 5.32 Å². The van der Waals surface area contributed by atoms with Crippen LogP contribution in [-0.2, 0) is 0 Å². The van der Waals surface area contributed by atoms with E-state index in [1.165, 1.54) is 34.9 Å². The summed E-state index contributed by atoms with van der Waals surface area (Å²) < 4.78 is 1.22. The molecule has 0 spiro atoms. The first-order valence-electron chi connectivity index (χ1n) is 7.07. The van der Waals surface area contributed by atoms with Crippen LogP contribution in [-0.4, -0.2) is 6.54 Å². The van der Waals surface area contributed by atoms with E-state index in [1.807, 2.05) is 0 Å². The van der Waals surface area contributed by atoms with Gasteiger partial charge < -0.3 is 5.32 Å². The molecular weight excluding hydrogens is 286 g/mol. The van der Waals surface area contributed by atoms with Crippen LogP contribution in [0.4, 0.5) is 0 Å². The number of halogens is 1. The summed E-state index contributed by atoms with van der Waals surface area (Å²) in [5.74, 6) is 0.770. The molecule has 2 atom stereocenters. The third kappa shape index (κ3) is 4.74. The Morgan fingerprint density at radius 2 is 2.00 bits per heavy atom. The lowest BCUT2D eigenvalue weighted by atomic mass is 9.92. The van der Waals surface area contributed by atoms with Crippen LogP contribution in [0.1, 0.15) is 57.2 Å². The number of rotatable bonds is 7. The summed E-state index contributed by atoms with van der Waals surface area (Å²) >= 11 is 3.69. The van der Waals surface area contributed by atoms with Crippen molar-refractivity contribution in [3.63, 3.8) is 0 Å². The molecule has 18 heavy (non-hydrogen) atoms. The molecule has 102 valence electrons. The summed E-state index contributed by atoms with van der Waals surface area (Å²) in [6.07, 6.45) is 3.80. The predicted octanol–water partition coefficient (Wildman–Crippen LogP) is 5.23. The topological polar surface area (TPSA) is 12.0 Å². The van der Waals surface area contributed by atoms with Crippen molar-refractivity contribution in [3.05, 3.63) is 33.8 Å². The van der Waals surface area contributed by atoms with E-state index in [1.54, 1.807) is 0 Å². The molecule has 1 aromatic rings. The second-order valence-corrected chi connectivity index (χ2v) is 6.12. The third-order valence-electron chi connectivity index (χ3n) is 3.40. The van der Waals surface area contributed by atoms with Crippen molar-refractivity contribution in [2.75, 3.05) is 6.54 Å². The van der Waals surface area contributed by atoms with Gasteiger partial charge in [-0.05, 0) is 37.4 Å². The van der Waals surface area contributed by atoms with Gasteiger partial charge in [0.25, 0.3) is 0 Å². The quantitative estimate of drug-likeness (QED) is 0.726. The average Bonchev–Trinajstić information content (AvgIpc) is 2.32. The van der Waals surface area contributed by atoms with Crippen LogP contribution >= 0.6 is 15.9 Å². The Labute approximate surface area is 120 Å². The van der Waals surface area contributed by atoms with Crippen LogP contribution in [0.25, 0.3) is 0 Å². The van der Waals surface area contributed by atoms with E-state index in [0.717, 1.165) is 12.5 Å². The van der Waals surface area contributed by atoms with Gasteiger partial charge in [-0.25, -0.2) is 0 Å². The lowest BCUT2D eigenvalue weighted by Gasteiger charge is -2.23. The monoisotopic (exact) mass is 311 g/mol. The molecule has 1 rings (SSSR count). The largest absolute Gasteiger partial charge is 0.310 e. The first-order chi connectivity index (χ1) is 8.58. The minimum absolute atomic E-state index is 0.464. The number of hydrogen-bond donors (Lipinski definition) is 1. The summed E-state index contributed by atoms with van der Waals surface area (Å²) in [4.78, 5) is 0. The maximum atomic E-state index is 3.69. The summed E-state index contributed by atoms with van der Waals surface area (Å²) in [5, 5.41) is 3.63. The minimum Gasteiger partial charge on any atom is -0.310 e. The first-order valence-corrected chi connectivity index (χ1v) is 7.87. The van der Waals surface area contributed by atoms with Gasteiger partial charge in [-0.1, -0.05) is 67.2 Å². The molecular formula is C16H26BrN. The zero-order valence-corrected chi connectivity index (χ0v) is 13.7. The standard InChI is InChI=1S/C16H26BrN/c1-5-7-12(3)11-16(18-6-2)14-10-13(4)8-9-15(14)17/h8-10,12,16,18H,5-7,11H2,1-4H3. The predicted molar refractivity (Wildman–Crippen MR) is 84.0 cm³/mol. The SMILES string of the molecule is CCCC(C)CC(NCC)c1cc(C)ccc1Br. The van der Waals surface area contributed by atoms with E-state index < -0.39 is 0 Å². The lowest BCUT2D eigenvalue weighted by molar-refractivity contribution is 0.394. The highest BCUT2D eigenvalue weighted by Gasteiger charge is 2.16. The van der Waals surface area contributed by atoms with Crippen molar-refractivity contribution < 1.29 is 0 Å². The van der Waals surface area contributed by atoms with Crippen LogP contribution in [0.3, 0.4) is 0 Å². The second kappa shape index (κ2) is 7.96. The molecule has 2 unspecified atom stereocenters. The normalized spacial score (nSPS) is 14.5. The fourth-order valence-electron chi connectivity index (χ4n) is 2.51. The molecule has 1 N–H and O–H groups in total. The van der Waals surface area contributed by atoms with E-state index in [4.69, 9.17) is 0 Å². The van der Waals surface area contributed by atoms with Crippen molar-refractivity contribution in [1.29, 1.82) is 0 Å². The van der Waals surface area contributed by atoms with Crippen LogP contribution in [0, 0.1) is 12.8 Å². The highest BCUT2D eigenvalue weighted by Crippen LogP contribution is 2.30. The number of benzene rings is 1. The van der Waals surface area contributed by atoms with Crippen molar-refractivity contribution in [1.82, 2.24) is 5.32 Å². The fourth-order valence-corrected chi connectivity index (χ4v) is 3.03. The van der Waals surface area contributed by atoms with E-state index in [0.29, 0.717) is 6.04 Å². The van der Waals surface area contributed by atoms with Gasteiger partial charge in [-0.15, -0.1) is 0 Å². The number of hydrogen-bond acceptors (Lipinski definition) is 1. The van der Waals surface area contributed by atoms with Gasteiger partial charge in [0.15, 0.2) is 0 Å². The Hall–Kier alpha value is -0.340. The minimum atomic E-state index is 0.464. The van der Waals surface area contributed by atoms with Crippen molar-refractivity contribution >= 4 is 15.9 Å². The van der Waals surface area contributed by atoms with E-state index in [-0.39, 0.29) is 0 Å². The Morgan fingerprint density at radius 1 is 1.28 bits per heavy atom. The van der Waals surface area contributed by atoms with Gasteiger partial charge in [0, 0.05) is 10.5 Å². The summed E-state index contributed by atoms with van der Waals surface area (Å²) in [7, 11) is 0. The van der Waals surface area contributed by atoms with Gasteiger partial charge in [-0.3, -0.25) is 0 Å². The van der Waals surface area contributed by atoms with Gasteiger partial charge in [0.1, 0.15) is 0 Å². The number of nitrogens with one attached hydrogen (secondary N) is 1. The zero-order chi connectivity index (χ0) is 13.5. The van der Waals surface area contributed by atoms with Crippen LogP contribution in [0.2, 0.25) is 0 Å². The van der Waals surface area contributed by atoms with Crippen molar-refractivity contribution in [3.8, 4) is 0 Å². The van der Waals surface area contributed by atoms with E-state index in [2.05, 4.69) is 67.1 Å². The molecule has 0 aliphatic carbocycles. The van der Waals surface area contributed by atoms with Gasteiger partial charge in [-0.2, -0.15) is 0 Å². The van der Waals surface area contributed by atoms with Crippen LogP contribution in [0.5, 0.6) is 0 Å². The Morgan fingerprint density at radius 3 is 2.61 bits per heavy atom. The average molecular weight is 312 g/mol. The fraction of sp³-hybridized carbons (Fsp3) is 0.625. The van der Waals surface area contributed by atoms with Crippen molar-refractivity contribution in [2.24, 2.45) is 5.92 Å². The summed E-state index contributed by atoms with van der Waals surface area (Å²) in [5.41, 5.74) is 2.74.